The van der Waals surface area contributed by atoms with Crippen molar-refractivity contribution in [2.75, 3.05) is 11.9 Å². The second kappa shape index (κ2) is 16.3. The van der Waals surface area contributed by atoms with Crippen LogP contribution in [0.3, 0.4) is 0 Å². The first-order valence-corrected chi connectivity index (χ1v) is 14.9. The molecule has 0 aliphatic carbocycles. The average Bonchev–Trinajstić information content (AvgIpc) is 3.05. The summed E-state index contributed by atoms with van der Waals surface area (Å²) in [6.07, 6.45) is 1.97. The largest absolute Gasteiger partial charge is 0.368 e. The van der Waals surface area contributed by atoms with Crippen molar-refractivity contribution in [3.8, 4) is 0 Å². The third kappa shape index (κ3) is 9.72. The van der Waals surface area contributed by atoms with Gasteiger partial charge < -0.3 is 27.0 Å². The minimum absolute atomic E-state index is 0.0848. The molecule has 0 bridgehead atoms. The Kier molecular flexibility index (Phi) is 11.7. The third-order valence-electron chi connectivity index (χ3n) is 7.46. The molecule has 7 N–H and O–H groups in total. The molecule has 0 aliphatic rings. The van der Waals surface area contributed by atoms with Gasteiger partial charge in [0.05, 0.1) is 5.92 Å². The minimum atomic E-state index is -1.00. The normalized spacial score (nSPS) is 11.9. The van der Waals surface area contributed by atoms with Crippen molar-refractivity contribution >= 4 is 23.7 Å². The first-order chi connectivity index (χ1) is 22.6. The number of primary amides is 1. The molecule has 0 radical (unpaired) electrons. The lowest BCUT2D eigenvalue weighted by molar-refractivity contribution is -0.485. The molecule has 14 heteroatoms. The highest BCUT2D eigenvalue weighted by atomic mass is 16.7. The van der Waals surface area contributed by atoms with Gasteiger partial charge in [-0.3, -0.25) is 19.4 Å². The molecule has 0 spiro atoms. The zero-order valence-corrected chi connectivity index (χ0v) is 25.8. The van der Waals surface area contributed by atoms with E-state index >= 15 is 0 Å². The Hall–Kier alpha value is -6.05. The van der Waals surface area contributed by atoms with E-state index in [0.717, 1.165) is 22.3 Å². The zero-order valence-electron chi connectivity index (χ0n) is 25.8. The fourth-order valence-corrected chi connectivity index (χ4v) is 5.06. The van der Waals surface area contributed by atoms with Crippen LogP contribution >= 0.6 is 0 Å². The molecule has 2 amide bonds. The van der Waals surface area contributed by atoms with E-state index in [1.807, 2.05) is 84.9 Å². The van der Waals surface area contributed by atoms with Gasteiger partial charge in [-0.1, -0.05) is 84.9 Å². The van der Waals surface area contributed by atoms with Crippen LogP contribution in [0.4, 0.5) is 5.95 Å². The molecule has 0 aliphatic heterocycles. The molecule has 47 heavy (non-hydrogen) atoms. The number of hydrogen-bond acceptors (Lipinski definition) is 7. The van der Waals surface area contributed by atoms with Crippen molar-refractivity contribution in [2.45, 2.75) is 44.8 Å². The monoisotopic (exact) mass is 639 g/mol. The number of benzene rings is 3. The Morgan fingerprint density at radius 1 is 0.979 bits per heavy atom. The van der Waals surface area contributed by atoms with Gasteiger partial charge in [-0.15, -0.1) is 0 Å². The van der Waals surface area contributed by atoms with Crippen LogP contribution in [0.25, 0.3) is 0 Å². The molecule has 1 heterocycles. The minimum Gasteiger partial charge on any atom is -0.368 e. The zero-order chi connectivity index (χ0) is 33.8. The Morgan fingerprint density at radius 3 is 2.13 bits per heavy atom. The lowest BCUT2D eigenvalue weighted by Gasteiger charge is -2.33. The van der Waals surface area contributed by atoms with Crippen molar-refractivity contribution in [3.05, 3.63) is 139 Å². The highest BCUT2D eigenvalue weighted by Crippen LogP contribution is 2.29. The molecule has 0 saturated carbocycles. The Labute approximate surface area is 271 Å². The predicted octanol–water partition coefficient (Wildman–Crippen LogP) is 2.58. The summed E-state index contributed by atoms with van der Waals surface area (Å²) in [4.78, 5) is 58.4. The molecule has 1 aromatic heterocycles. The number of anilines is 1. The van der Waals surface area contributed by atoms with Crippen LogP contribution in [0.15, 0.2) is 101 Å². The van der Waals surface area contributed by atoms with Crippen LogP contribution in [0.1, 0.15) is 46.6 Å². The van der Waals surface area contributed by atoms with Crippen molar-refractivity contribution in [1.29, 1.82) is 0 Å². The number of carbonyl (C=O) groups is 2. The van der Waals surface area contributed by atoms with E-state index in [2.05, 4.69) is 25.7 Å². The Morgan fingerprint density at radius 2 is 1.57 bits per heavy atom. The standard InChI is InChI=1S/C33H37N9O5/c1-22-19-37-33(39-30(22)44)38-20-23-14-16-24(17-15-23)21-41(27(29(34)43)13-8-18-36-32(35)40-42(46)47)31(45)28(25-9-4-2-5-10-25)26-11-6-3-7-12-26/h2-7,9-12,14-17,19,27-28H,8,13,18,20-21H2,1H3,(H2,34,43)(H3,35,36,40)(H2,37,38,39,44)/t27-/m1/s1. The van der Waals surface area contributed by atoms with Gasteiger partial charge in [0.15, 0.2) is 5.03 Å². The lowest BCUT2D eigenvalue weighted by Crippen LogP contribution is -2.49. The van der Waals surface area contributed by atoms with Gasteiger partial charge >= 0.3 is 0 Å². The van der Waals surface area contributed by atoms with E-state index in [1.54, 1.807) is 6.92 Å². The number of aromatic amines is 1. The first kappa shape index (κ1) is 33.8. The molecule has 14 nitrogen and oxygen atoms in total. The summed E-state index contributed by atoms with van der Waals surface area (Å²) < 4.78 is 0. The van der Waals surface area contributed by atoms with E-state index in [0.29, 0.717) is 24.5 Å². The summed E-state index contributed by atoms with van der Waals surface area (Å²) in [5.41, 5.74) is 14.9. The fourth-order valence-electron chi connectivity index (χ4n) is 5.06. The van der Waals surface area contributed by atoms with Gasteiger partial charge in [0.1, 0.15) is 11.1 Å². The number of aromatic nitrogens is 2. The number of hydrogen-bond donors (Lipinski definition) is 5. The van der Waals surface area contributed by atoms with Crippen LogP contribution in [-0.4, -0.2) is 50.3 Å². The summed E-state index contributed by atoms with van der Waals surface area (Å²) in [5, 5.41) is 18.4. The maximum Gasteiger partial charge on any atom is 0.266 e. The molecular formula is C33H37N9O5. The van der Waals surface area contributed by atoms with Gasteiger partial charge in [-0.05, 0) is 42.0 Å². The molecular weight excluding hydrogens is 602 g/mol. The molecule has 4 rings (SSSR count). The molecule has 0 saturated heterocycles. The summed E-state index contributed by atoms with van der Waals surface area (Å²) in [5.74, 6) is -1.74. The first-order valence-electron chi connectivity index (χ1n) is 14.9. The number of aryl methyl sites for hydroxylation is 1. The fraction of sp³-hybridized carbons (Fsp3) is 0.242. The summed E-state index contributed by atoms with van der Waals surface area (Å²) in [7, 11) is 0. The van der Waals surface area contributed by atoms with Crippen LogP contribution in [0.5, 0.6) is 0 Å². The van der Waals surface area contributed by atoms with Crippen molar-refractivity contribution in [2.24, 2.45) is 16.6 Å². The quantitative estimate of drug-likeness (QED) is 0.0424. The number of nitro groups is 1. The second-order valence-corrected chi connectivity index (χ2v) is 10.8. The molecule has 244 valence electrons. The van der Waals surface area contributed by atoms with Gasteiger partial charge in [0.2, 0.25) is 17.8 Å². The summed E-state index contributed by atoms with van der Waals surface area (Å²) in [6, 6.07) is 25.1. The number of nitrogens with one attached hydrogen (secondary N) is 3. The van der Waals surface area contributed by atoms with E-state index < -0.39 is 22.9 Å². The number of rotatable bonds is 15. The number of amides is 2. The highest BCUT2D eigenvalue weighted by molar-refractivity contribution is 5.92. The van der Waals surface area contributed by atoms with Crippen LogP contribution in [-0.2, 0) is 22.7 Å². The molecule has 0 fully saturated rings. The van der Waals surface area contributed by atoms with Gasteiger partial charge in [-0.25, -0.2) is 15.1 Å². The average molecular weight is 640 g/mol. The van der Waals surface area contributed by atoms with E-state index in [9.17, 15) is 24.5 Å². The van der Waals surface area contributed by atoms with Crippen LogP contribution in [0.2, 0.25) is 0 Å². The number of H-pyrrole nitrogens is 1. The molecule has 3 aromatic carbocycles. The highest BCUT2D eigenvalue weighted by Gasteiger charge is 2.34. The van der Waals surface area contributed by atoms with Gasteiger partial charge in [0, 0.05) is 31.4 Å². The second-order valence-electron chi connectivity index (χ2n) is 10.8. The maximum atomic E-state index is 14.6. The number of nitrogens with zero attached hydrogens (tertiary/aromatic N) is 4. The van der Waals surface area contributed by atoms with Gasteiger partial charge in [0.25, 0.3) is 11.5 Å². The van der Waals surface area contributed by atoms with E-state index in [1.165, 1.54) is 11.1 Å². The molecule has 0 unspecified atom stereocenters. The van der Waals surface area contributed by atoms with Crippen molar-refractivity contribution in [3.63, 3.8) is 0 Å². The van der Waals surface area contributed by atoms with E-state index in [4.69, 9.17) is 11.5 Å². The van der Waals surface area contributed by atoms with E-state index in [-0.39, 0.29) is 36.9 Å². The van der Waals surface area contributed by atoms with Crippen molar-refractivity contribution < 1.29 is 14.6 Å². The summed E-state index contributed by atoms with van der Waals surface area (Å²) in [6.45, 7) is 2.31. The van der Waals surface area contributed by atoms with Crippen LogP contribution < -0.4 is 27.7 Å². The Balaban J connectivity index is 1.60. The molecule has 1 atom stereocenters. The van der Waals surface area contributed by atoms with Crippen molar-refractivity contribution in [1.82, 2.24) is 20.2 Å². The number of carbonyl (C=O) groups excluding carboxylic acids is 2. The van der Waals surface area contributed by atoms with Crippen LogP contribution in [0, 0.1) is 17.0 Å². The topological polar surface area (TPSA) is 215 Å². The SMILES string of the molecule is Cc1cnc(NCc2ccc(CN(C(=O)C(c3ccccc3)c3ccccc3)[C@H](CCCNC(N)=N[N+](=O)[O-])C(N)=O)cc2)[nH]c1=O. The number of nitrogens with two attached hydrogens (primary N) is 2. The lowest BCUT2D eigenvalue weighted by atomic mass is 9.89. The maximum absolute atomic E-state index is 14.6. The van der Waals surface area contributed by atoms with Gasteiger partial charge in [-0.2, -0.15) is 0 Å². The summed E-state index contributed by atoms with van der Waals surface area (Å²) >= 11 is 0. The number of hydrazone groups is 1. The predicted molar refractivity (Wildman–Crippen MR) is 177 cm³/mol. The number of guanidine groups is 1. The Bertz CT molecular complexity index is 1710. The smallest absolute Gasteiger partial charge is 0.266 e. The third-order valence-corrected chi connectivity index (χ3v) is 7.46. The molecule has 4 aromatic rings.